The molecule has 2 rings (SSSR count). The van der Waals surface area contributed by atoms with Crippen LogP contribution in [0.25, 0.3) is 0 Å². The molecule has 1 heterocycles. The van der Waals surface area contributed by atoms with Crippen molar-refractivity contribution in [2.24, 2.45) is 5.84 Å². The number of nitrogen functional groups attached to an aromatic ring is 1. The first-order valence-electron chi connectivity index (χ1n) is 5.71. The third-order valence-corrected chi connectivity index (χ3v) is 3.11. The van der Waals surface area contributed by atoms with Crippen molar-refractivity contribution in [1.29, 1.82) is 0 Å². The monoisotopic (exact) mass is 323 g/mol. The van der Waals surface area contributed by atoms with Crippen molar-refractivity contribution in [2.75, 3.05) is 17.3 Å². The molecular weight excluding hydrogens is 310 g/mol. The quantitative estimate of drug-likeness (QED) is 0.579. The van der Waals surface area contributed by atoms with Gasteiger partial charge in [-0.3, -0.25) is 0 Å². The number of aromatic nitrogens is 2. The van der Waals surface area contributed by atoms with Gasteiger partial charge in [-0.1, -0.05) is 0 Å². The van der Waals surface area contributed by atoms with Crippen LogP contribution >= 0.6 is 15.9 Å². The summed E-state index contributed by atoms with van der Waals surface area (Å²) in [4.78, 5) is 8.13. The summed E-state index contributed by atoms with van der Waals surface area (Å²) in [5.41, 5.74) is 3.38. The van der Waals surface area contributed by atoms with Gasteiger partial charge >= 0.3 is 0 Å². The predicted molar refractivity (Wildman–Crippen MR) is 78.4 cm³/mol. The molecule has 100 valence electrons. The van der Waals surface area contributed by atoms with E-state index in [0.717, 1.165) is 11.4 Å². The molecule has 0 aliphatic rings. The Morgan fingerprint density at radius 3 is 2.53 bits per heavy atom. The third-order valence-electron chi connectivity index (χ3n) is 2.35. The second-order valence-corrected chi connectivity index (χ2v) is 4.40. The number of benzene rings is 1. The van der Waals surface area contributed by atoms with Gasteiger partial charge < -0.3 is 15.5 Å². The highest BCUT2D eigenvalue weighted by Gasteiger charge is 2.07. The van der Waals surface area contributed by atoms with E-state index in [9.17, 15) is 0 Å². The highest BCUT2D eigenvalue weighted by molar-refractivity contribution is 9.10. The maximum atomic E-state index is 5.38. The molecule has 2 aromatic rings. The number of hydrogen-bond acceptors (Lipinski definition) is 6. The Bertz CT molecular complexity index is 546. The molecule has 0 saturated carbocycles. The van der Waals surface area contributed by atoms with E-state index in [1.54, 1.807) is 0 Å². The van der Waals surface area contributed by atoms with Crippen LogP contribution in [0.2, 0.25) is 0 Å². The maximum Gasteiger partial charge on any atom is 0.159 e. The van der Waals surface area contributed by atoms with Crippen LogP contribution in [0.15, 0.2) is 35.1 Å². The van der Waals surface area contributed by atoms with Crippen molar-refractivity contribution in [3.05, 3.63) is 35.1 Å². The standard InChI is InChI=1S/C12H14BrN5O/c1-2-19-9-5-3-8(4-6-9)17-11-10(13)12(18-14)16-7-15-11/h3-7H,2,14H2,1H3,(H2,15,16,17,18). The molecule has 0 aliphatic heterocycles. The van der Waals surface area contributed by atoms with Gasteiger partial charge in [0.1, 0.15) is 22.4 Å². The summed E-state index contributed by atoms with van der Waals surface area (Å²) in [5, 5.41) is 3.17. The fourth-order valence-corrected chi connectivity index (χ4v) is 1.91. The van der Waals surface area contributed by atoms with Crippen molar-refractivity contribution in [2.45, 2.75) is 6.92 Å². The van der Waals surface area contributed by atoms with Gasteiger partial charge in [0.25, 0.3) is 0 Å². The molecule has 4 N–H and O–H groups in total. The van der Waals surface area contributed by atoms with Crippen LogP contribution in [0.3, 0.4) is 0 Å². The van der Waals surface area contributed by atoms with Crippen LogP contribution in [0.5, 0.6) is 5.75 Å². The van der Waals surface area contributed by atoms with Crippen molar-refractivity contribution in [1.82, 2.24) is 9.97 Å². The second kappa shape index (κ2) is 6.35. The van der Waals surface area contributed by atoms with E-state index in [4.69, 9.17) is 10.6 Å². The number of hydrazine groups is 1. The third kappa shape index (κ3) is 3.33. The van der Waals surface area contributed by atoms with Gasteiger partial charge in [-0.2, -0.15) is 0 Å². The van der Waals surface area contributed by atoms with Crippen LogP contribution in [-0.2, 0) is 0 Å². The molecule has 0 fully saturated rings. The Morgan fingerprint density at radius 2 is 1.89 bits per heavy atom. The summed E-state index contributed by atoms with van der Waals surface area (Å²) < 4.78 is 6.05. The first-order chi connectivity index (χ1) is 9.24. The molecule has 0 saturated heterocycles. The van der Waals surface area contributed by atoms with Gasteiger partial charge in [0.05, 0.1) is 6.61 Å². The van der Waals surface area contributed by atoms with Gasteiger partial charge in [0.2, 0.25) is 0 Å². The summed E-state index contributed by atoms with van der Waals surface area (Å²) in [5.74, 6) is 7.33. The van der Waals surface area contributed by atoms with Crippen LogP contribution in [-0.4, -0.2) is 16.6 Å². The number of rotatable bonds is 5. The lowest BCUT2D eigenvalue weighted by Crippen LogP contribution is -2.10. The molecule has 0 bridgehead atoms. The van der Waals surface area contributed by atoms with Crippen molar-refractivity contribution >= 4 is 33.3 Å². The number of nitrogens with two attached hydrogens (primary N) is 1. The first-order valence-corrected chi connectivity index (χ1v) is 6.51. The fourth-order valence-electron chi connectivity index (χ4n) is 1.50. The van der Waals surface area contributed by atoms with Gasteiger partial charge in [0, 0.05) is 5.69 Å². The van der Waals surface area contributed by atoms with E-state index < -0.39 is 0 Å². The molecule has 0 spiro atoms. The average molecular weight is 324 g/mol. The van der Waals surface area contributed by atoms with Crippen LogP contribution in [0.4, 0.5) is 17.3 Å². The zero-order chi connectivity index (χ0) is 13.7. The van der Waals surface area contributed by atoms with Crippen LogP contribution in [0.1, 0.15) is 6.92 Å². The molecule has 6 nitrogen and oxygen atoms in total. The zero-order valence-electron chi connectivity index (χ0n) is 10.4. The molecule has 0 amide bonds. The van der Waals surface area contributed by atoms with E-state index in [1.807, 2.05) is 31.2 Å². The molecule has 0 atom stereocenters. The van der Waals surface area contributed by atoms with E-state index >= 15 is 0 Å². The van der Waals surface area contributed by atoms with E-state index in [-0.39, 0.29) is 0 Å². The molecule has 1 aromatic heterocycles. The molecule has 0 unspecified atom stereocenters. The number of nitrogens with zero attached hydrogens (tertiary/aromatic N) is 2. The Hall–Kier alpha value is -1.86. The summed E-state index contributed by atoms with van der Waals surface area (Å²) in [6, 6.07) is 7.61. The summed E-state index contributed by atoms with van der Waals surface area (Å²) >= 11 is 3.38. The van der Waals surface area contributed by atoms with E-state index in [1.165, 1.54) is 6.33 Å². The summed E-state index contributed by atoms with van der Waals surface area (Å²) in [7, 11) is 0. The van der Waals surface area contributed by atoms with Crippen molar-refractivity contribution in [3.8, 4) is 5.75 Å². The van der Waals surface area contributed by atoms with Crippen molar-refractivity contribution < 1.29 is 4.74 Å². The fraction of sp³-hybridized carbons (Fsp3) is 0.167. The Kier molecular flexibility index (Phi) is 4.53. The highest BCUT2D eigenvalue weighted by atomic mass is 79.9. The predicted octanol–water partition coefficient (Wildman–Crippen LogP) is 2.67. The molecule has 7 heteroatoms. The summed E-state index contributed by atoms with van der Waals surface area (Å²) in [6.45, 7) is 2.60. The first kappa shape index (κ1) is 13.6. The molecule has 19 heavy (non-hydrogen) atoms. The maximum absolute atomic E-state index is 5.38. The number of halogens is 1. The normalized spacial score (nSPS) is 10.1. The minimum Gasteiger partial charge on any atom is -0.494 e. The Labute approximate surface area is 119 Å². The smallest absolute Gasteiger partial charge is 0.159 e. The van der Waals surface area contributed by atoms with Crippen LogP contribution in [0, 0.1) is 0 Å². The SMILES string of the molecule is CCOc1ccc(Nc2ncnc(NN)c2Br)cc1. The Morgan fingerprint density at radius 1 is 1.21 bits per heavy atom. The highest BCUT2D eigenvalue weighted by Crippen LogP contribution is 2.28. The largest absolute Gasteiger partial charge is 0.494 e. The van der Waals surface area contributed by atoms with Crippen LogP contribution < -0.4 is 21.3 Å². The van der Waals surface area contributed by atoms with Gasteiger partial charge in [-0.25, -0.2) is 15.8 Å². The minimum atomic E-state index is 0.517. The van der Waals surface area contributed by atoms with E-state index in [2.05, 4.69) is 36.6 Å². The molecule has 0 aliphatic carbocycles. The van der Waals surface area contributed by atoms with Gasteiger partial charge in [-0.15, -0.1) is 0 Å². The van der Waals surface area contributed by atoms with E-state index in [0.29, 0.717) is 22.7 Å². The molecule has 1 aromatic carbocycles. The lowest BCUT2D eigenvalue weighted by atomic mass is 10.3. The lowest BCUT2D eigenvalue weighted by Gasteiger charge is -2.10. The molecular formula is C12H14BrN5O. The van der Waals surface area contributed by atoms with Gasteiger partial charge in [-0.05, 0) is 47.1 Å². The zero-order valence-corrected chi connectivity index (χ0v) is 11.9. The average Bonchev–Trinajstić information content (AvgIpc) is 2.43. The van der Waals surface area contributed by atoms with Crippen molar-refractivity contribution in [3.63, 3.8) is 0 Å². The van der Waals surface area contributed by atoms with Gasteiger partial charge in [0.15, 0.2) is 5.82 Å². The second-order valence-electron chi connectivity index (χ2n) is 3.61. The molecule has 0 radical (unpaired) electrons. The Balaban J connectivity index is 2.16. The minimum absolute atomic E-state index is 0.517. The number of nitrogens with one attached hydrogen (secondary N) is 2. The number of anilines is 3. The summed E-state index contributed by atoms with van der Waals surface area (Å²) in [6.07, 6.45) is 1.43. The number of ether oxygens (including phenoxy) is 1. The topological polar surface area (TPSA) is 85.1 Å². The number of hydrogen-bond donors (Lipinski definition) is 3. The lowest BCUT2D eigenvalue weighted by molar-refractivity contribution is 0.340.